The summed E-state index contributed by atoms with van der Waals surface area (Å²) in [6, 6.07) is 6.92. The van der Waals surface area contributed by atoms with Crippen LogP contribution in [0.15, 0.2) is 22.7 Å². The molecule has 6 heteroatoms. The molecule has 1 aliphatic carbocycles. The molecule has 1 aromatic rings. The molecule has 20 heavy (non-hydrogen) atoms. The van der Waals surface area contributed by atoms with Crippen LogP contribution in [-0.4, -0.2) is 17.0 Å². The number of rotatable bonds is 3. The van der Waals surface area contributed by atoms with Crippen LogP contribution in [0.5, 0.6) is 0 Å². The van der Waals surface area contributed by atoms with Crippen molar-refractivity contribution in [3.8, 4) is 6.07 Å². The fourth-order valence-corrected chi connectivity index (χ4v) is 2.84. The maximum absolute atomic E-state index is 12.1. The van der Waals surface area contributed by atoms with Crippen molar-refractivity contribution in [2.24, 2.45) is 11.8 Å². The van der Waals surface area contributed by atoms with E-state index in [1.54, 1.807) is 18.2 Å². The molecule has 0 spiro atoms. The number of carbonyl (C=O) groups excluding carboxylic acids is 1. The lowest BCUT2D eigenvalue weighted by Crippen LogP contribution is -2.21. The summed E-state index contributed by atoms with van der Waals surface area (Å²) < 4.78 is 0.637. The Kier molecular flexibility index (Phi) is 4.40. The summed E-state index contributed by atoms with van der Waals surface area (Å²) in [4.78, 5) is 23.0. The molecule has 1 saturated carbocycles. The molecule has 0 radical (unpaired) electrons. The molecule has 1 aliphatic rings. The highest BCUT2D eigenvalue weighted by Gasteiger charge is 2.33. The highest BCUT2D eigenvalue weighted by molar-refractivity contribution is 9.10. The Bertz CT molecular complexity index is 595. The number of hydrogen-bond donors (Lipinski definition) is 2. The van der Waals surface area contributed by atoms with Gasteiger partial charge in [-0.1, -0.05) is 0 Å². The lowest BCUT2D eigenvalue weighted by Gasteiger charge is -2.12. The first kappa shape index (κ1) is 14.5. The summed E-state index contributed by atoms with van der Waals surface area (Å²) in [5, 5.41) is 20.5. The first-order chi connectivity index (χ1) is 9.51. The highest BCUT2D eigenvalue weighted by atomic mass is 79.9. The predicted molar refractivity (Wildman–Crippen MR) is 76.0 cm³/mol. The summed E-state index contributed by atoms with van der Waals surface area (Å²) in [6.45, 7) is 0. The Morgan fingerprint density at radius 3 is 2.60 bits per heavy atom. The third-order valence-electron chi connectivity index (χ3n) is 3.51. The number of halogens is 1. The van der Waals surface area contributed by atoms with E-state index in [4.69, 9.17) is 10.4 Å². The summed E-state index contributed by atoms with van der Waals surface area (Å²) >= 11 is 3.30. The zero-order valence-electron chi connectivity index (χ0n) is 10.6. The van der Waals surface area contributed by atoms with Crippen LogP contribution in [0.25, 0.3) is 0 Å². The normalized spacial score (nSPS) is 21.2. The molecule has 0 aliphatic heterocycles. The van der Waals surface area contributed by atoms with E-state index in [2.05, 4.69) is 21.2 Å². The minimum atomic E-state index is -0.833. The van der Waals surface area contributed by atoms with Crippen molar-refractivity contribution < 1.29 is 14.7 Å². The summed E-state index contributed by atoms with van der Waals surface area (Å²) in [7, 11) is 0. The smallest absolute Gasteiger partial charge is 0.306 e. The minimum Gasteiger partial charge on any atom is -0.481 e. The van der Waals surface area contributed by atoms with Crippen LogP contribution in [0.1, 0.15) is 24.8 Å². The van der Waals surface area contributed by atoms with Crippen LogP contribution in [0.4, 0.5) is 5.69 Å². The fraction of sp³-hybridized carbons (Fsp3) is 0.357. The fourth-order valence-electron chi connectivity index (χ4n) is 2.36. The summed E-state index contributed by atoms with van der Waals surface area (Å²) in [5.74, 6) is -1.69. The third kappa shape index (κ3) is 3.17. The Morgan fingerprint density at radius 2 is 2.05 bits per heavy atom. The van der Waals surface area contributed by atoms with Gasteiger partial charge in [-0.15, -0.1) is 0 Å². The number of nitrogens with one attached hydrogen (secondary N) is 1. The van der Waals surface area contributed by atoms with Crippen LogP contribution in [-0.2, 0) is 9.59 Å². The number of carboxylic acid groups (broad SMARTS) is 1. The number of nitrogens with zero attached hydrogens (tertiary/aromatic N) is 1. The molecule has 1 fully saturated rings. The molecule has 0 bridgehead atoms. The first-order valence-corrected chi connectivity index (χ1v) is 7.04. The predicted octanol–water partition coefficient (Wildman–Crippen LogP) is 2.76. The first-order valence-electron chi connectivity index (χ1n) is 6.24. The molecule has 2 N–H and O–H groups in total. The van der Waals surface area contributed by atoms with E-state index in [0.717, 1.165) is 0 Å². The van der Waals surface area contributed by atoms with Crippen molar-refractivity contribution in [3.05, 3.63) is 28.2 Å². The number of carboxylic acids is 1. The maximum Gasteiger partial charge on any atom is 0.306 e. The molecule has 5 nitrogen and oxygen atoms in total. The standard InChI is InChI=1S/C14H13BrN2O3/c15-11-5-8(7-16)1-4-12(11)17-13(18)9-2-3-10(6-9)14(19)20/h1,4-5,9-10H,2-3,6H2,(H,17,18)(H,19,20). The number of nitriles is 1. The van der Waals surface area contributed by atoms with Crippen molar-refractivity contribution in [1.82, 2.24) is 0 Å². The van der Waals surface area contributed by atoms with Gasteiger partial charge in [0.15, 0.2) is 0 Å². The number of anilines is 1. The molecular formula is C14H13BrN2O3. The van der Waals surface area contributed by atoms with E-state index in [1.165, 1.54) is 0 Å². The van der Waals surface area contributed by atoms with Gasteiger partial charge in [0.25, 0.3) is 0 Å². The van der Waals surface area contributed by atoms with Crippen molar-refractivity contribution in [2.45, 2.75) is 19.3 Å². The second kappa shape index (κ2) is 6.06. The molecule has 2 atom stereocenters. The van der Waals surface area contributed by atoms with E-state index in [9.17, 15) is 9.59 Å². The third-order valence-corrected chi connectivity index (χ3v) is 4.16. The van der Waals surface area contributed by atoms with Gasteiger partial charge in [0.1, 0.15) is 0 Å². The van der Waals surface area contributed by atoms with E-state index in [-0.39, 0.29) is 11.8 Å². The van der Waals surface area contributed by atoms with Gasteiger partial charge in [0.2, 0.25) is 5.91 Å². The van der Waals surface area contributed by atoms with Crippen molar-refractivity contribution in [1.29, 1.82) is 5.26 Å². The second-order valence-electron chi connectivity index (χ2n) is 4.84. The number of hydrogen-bond acceptors (Lipinski definition) is 3. The van der Waals surface area contributed by atoms with E-state index in [1.807, 2.05) is 6.07 Å². The molecule has 0 saturated heterocycles. The zero-order valence-corrected chi connectivity index (χ0v) is 12.2. The van der Waals surface area contributed by atoms with E-state index in [0.29, 0.717) is 35.0 Å². The SMILES string of the molecule is N#Cc1ccc(NC(=O)C2CCC(C(=O)O)C2)c(Br)c1. The van der Waals surface area contributed by atoms with Crippen molar-refractivity contribution in [2.75, 3.05) is 5.32 Å². The topological polar surface area (TPSA) is 90.2 Å². The lowest BCUT2D eigenvalue weighted by molar-refractivity contribution is -0.141. The number of carbonyl (C=O) groups is 2. The average Bonchev–Trinajstić information content (AvgIpc) is 2.91. The van der Waals surface area contributed by atoms with Crippen LogP contribution in [0.2, 0.25) is 0 Å². The Hall–Kier alpha value is -1.87. The second-order valence-corrected chi connectivity index (χ2v) is 5.70. The van der Waals surface area contributed by atoms with Gasteiger partial charge in [-0.2, -0.15) is 5.26 Å². The van der Waals surface area contributed by atoms with Crippen LogP contribution in [0, 0.1) is 23.2 Å². The van der Waals surface area contributed by atoms with E-state index >= 15 is 0 Å². The molecule has 2 unspecified atom stereocenters. The van der Waals surface area contributed by atoms with Crippen molar-refractivity contribution >= 4 is 33.5 Å². The monoisotopic (exact) mass is 336 g/mol. The summed E-state index contributed by atoms with van der Waals surface area (Å²) in [5.41, 5.74) is 1.09. The highest BCUT2D eigenvalue weighted by Crippen LogP contribution is 2.32. The molecular weight excluding hydrogens is 324 g/mol. The van der Waals surface area contributed by atoms with Crippen LogP contribution >= 0.6 is 15.9 Å². The Morgan fingerprint density at radius 1 is 1.35 bits per heavy atom. The van der Waals surface area contributed by atoms with Crippen molar-refractivity contribution in [3.63, 3.8) is 0 Å². The Labute approximate surface area is 124 Å². The van der Waals surface area contributed by atoms with Gasteiger partial charge in [-0.3, -0.25) is 9.59 Å². The lowest BCUT2D eigenvalue weighted by atomic mass is 10.0. The molecule has 104 valence electrons. The molecule has 2 rings (SSSR count). The Balaban J connectivity index is 2.02. The van der Waals surface area contributed by atoms with Gasteiger partial charge in [-0.05, 0) is 53.4 Å². The molecule has 1 amide bonds. The molecule has 0 heterocycles. The zero-order chi connectivity index (χ0) is 14.7. The maximum atomic E-state index is 12.1. The van der Waals surface area contributed by atoms with Crippen LogP contribution < -0.4 is 5.32 Å². The average molecular weight is 337 g/mol. The van der Waals surface area contributed by atoms with E-state index < -0.39 is 11.9 Å². The molecule has 1 aromatic carbocycles. The van der Waals surface area contributed by atoms with Crippen LogP contribution in [0.3, 0.4) is 0 Å². The largest absolute Gasteiger partial charge is 0.481 e. The van der Waals surface area contributed by atoms with Gasteiger partial charge < -0.3 is 10.4 Å². The quantitative estimate of drug-likeness (QED) is 0.887. The summed E-state index contributed by atoms with van der Waals surface area (Å²) in [6.07, 6.45) is 1.52. The number of amides is 1. The minimum absolute atomic E-state index is 0.167. The van der Waals surface area contributed by atoms with Gasteiger partial charge in [0.05, 0.1) is 23.2 Å². The van der Waals surface area contributed by atoms with Gasteiger partial charge in [-0.25, -0.2) is 0 Å². The van der Waals surface area contributed by atoms with Gasteiger partial charge >= 0.3 is 5.97 Å². The molecule has 0 aromatic heterocycles. The number of benzene rings is 1. The number of aliphatic carboxylic acids is 1. The van der Waals surface area contributed by atoms with Gasteiger partial charge in [0, 0.05) is 10.4 Å².